The Hall–Kier alpha value is -1.60. The molecule has 1 fully saturated rings. The SMILES string of the molecule is CCCS(=O)(=O)N1CCC(NC(=O)NCC2CCCc3ccccc32)CC1. The summed E-state index contributed by atoms with van der Waals surface area (Å²) in [7, 11) is -3.13. The van der Waals surface area contributed by atoms with E-state index in [1.54, 1.807) is 4.31 Å². The highest BCUT2D eigenvalue weighted by Crippen LogP contribution is 2.30. The van der Waals surface area contributed by atoms with Gasteiger partial charge in [0.1, 0.15) is 0 Å². The molecule has 1 heterocycles. The van der Waals surface area contributed by atoms with Gasteiger partial charge in [0.2, 0.25) is 10.0 Å². The second kappa shape index (κ2) is 9.06. The van der Waals surface area contributed by atoms with Gasteiger partial charge in [0.25, 0.3) is 0 Å². The van der Waals surface area contributed by atoms with Crippen LogP contribution in [-0.2, 0) is 16.4 Å². The molecule has 1 aliphatic carbocycles. The lowest BCUT2D eigenvalue weighted by Crippen LogP contribution is -2.49. The monoisotopic (exact) mass is 393 g/mol. The van der Waals surface area contributed by atoms with Crippen molar-refractivity contribution in [3.05, 3.63) is 35.4 Å². The number of nitrogens with one attached hydrogen (secondary N) is 2. The zero-order valence-electron chi connectivity index (χ0n) is 16.1. The van der Waals surface area contributed by atoms with Gasteiger partial charge in [0.15, 0.2) is 0 Å². The van der Waals surface area contributed by atoms with Gasteiger partial charge in [-0.3, -0.25) is 0 Å². The molecular weight excluding hydrogens is 362 g/mol. The van der Waals surface area contributed by atoms with Crippen molar-refractivity contribution < 1.29 is 13.2 Å². The summed E-state index contributed by atoms with van der Waals surface area (Å²) in [5, 5.41) is 6.04. The molecule has 2 aliphatic rings. The number of rotatable bonds is 6. The van der Waals surface area contributed by atoms with Gasteiger partial charge in [-0.25, -0.2) is 17.5 Å². The van der Waals surface area contributed by atoms with Gasteiger partial charge < -0.3 is 10.6 Å². The smallest absolute Gasteiger partial charge is 0.315 e. The van der Waals surface area contributed by atoms with Crippen LogP contribution in [0.1, 0.15) is 56.1 Å². The summed E-state index contributed by atoms with van der Waals surface area (Å²) >= 11 is 0. The minimum atomic E-state index is -3.13. The number of amides is 2. The van der Waals surface area contributed by atoms with Crippen LogP contribution in [0.4, 0.5) is 4.79 Å². The van der Waals surface area contributed by atoms with E-state index in [-0.39, 0.29) is 17.8 Å². The lowest BCUT2D eigenvalue weighted by atomic mass is 9.83. The molecule has 1 aromatic carbocycles. The predicted octanol–water partition coefficient (Wildman–Crippen LogP) is 2.61. The summed E-state index contributed by atoms with van der Waals surface area (Å²) in [6.45, 7) is 3.50. The molecule has 6 nitrogen and oxygen atoms in total. The van der Waals surface area contributed by atoms with Crippen molar-refractivity contribution in [2.24, 2.45) is 0 Å². The minimum absolute atomic E-state index is 0.0386. The molecule has 2 amide bonds. The number of benzene rings is 1. The highest BCUT2D eigenvalue weighted by Gasteiger charge is 2.28. The van der Waals surface area contributed by atoms with Gasteiger partial charge in [-0.05, 0) is 49.7 Å². The van der Waals surface area contributed by atoms with Crippen molar-refractivity contribution in [3.8, 4) is 0 Å². The fourth-order valence-corrected chi connectivity index (χ4v) is 5.73. The Morgan fingerprint density at radius 3 is 2.67 bits per heavy atom. The van der Waals surface area contributed by atoms with Gasteiger partial charge >= 0.3 is 6.03 Å². The number of fused-ring (bicyclic) bond motifs is 1. The van der Waals surface area contributed by atoms with Crippen molar-refractivity contribution in [2.45, 2.75) is 57.4 Å². The molecule has 2 N–H and O–H groups in total. The normalized spacial score (nSPS) is 21.4. The topological polar surface area (TPSA) is 78.5 Å². The Kier molecular flexibility index (Phi) is 6.76. The first-order chi connectivity index (χ1) is 13.0. The van der Waals surface area contributed by atoms with Crippen molar-refractivity contribution in [2.75, 3.05) is 25.4 Å². The molecule has 7 heteroatoms. The first-order valence-electron chi connectivity index (χ1n) is 10.1. The Morgan fingerprint density at radius 2 is 1.93 bits per heavy atom. The van der Waals surface area contributed by atoms with Crippen LogP contribution in [-0.4, -0.2) is 50.2 Å². The lowest BCUT2D eigenvalue weighted by Gasteiger charge is -2.32. The van der Waals surface area contributed by atoms with Crippen molar-refractivity contribution >= 4 is 16.1 Å². The van der Waals surface area contributed by atoms with Crippen LogP contribution in [0.25, 0.3) is 0 Å². The Bertz CT molecular complexity index is 743. The largest absolute Gasteiger partial charge is 0.338 e. The number of urea groups is 1. The van der Waals surface area contributed by atoms with Gasteiger partial charge in [0.05, 0.1) is 5.75 Å². The average Bonchev–Trinajstić information content (AvgIpc) is 2.67. The van der Waals surface area contributed by atoms with Crippen LogP contribution in [0.5, 0.6) is 0 Å². The van der Waals surface area contributed by atoms with Crippen molar-refractivity contribution in [3.63, 3.8) is 0 Å². The standard InChI is InChI=1S/C20H31N3O3S/c1-2-14-27(25,26)23-12-10-18(11-13-23)22-20(24)21-15-17-8-5-7-16-6-3-4-9-19(16)17/h3-4,6,9,17-18H,2,5,7-8,10-15H2,1H3,(H2,21,22,24). The molecule has 0 saturated carbocycles. The summed E-state index contributed by atoms with van der Waals surface area (Å²) in [6.07, 6.45) is 5.36. The second-order valence-electron chi connectivity index (χ2n) is 7.63. The molecule has 1 saturated heterocycles. The maximum atomic E-state index is 12.3. The van der Waals surface area contributed by atoms with E-state index in [1.807, 2.05) is 6.92 Å². The summed E-state index contributed by atoms with van der Waals surface area (Å²) in [4.78, 5) is 12.3. The van der Waals surface area contributed by atoms with E-state index in [9.17, 15) is 13.2 Å². The van der Waals surface area contributed by atoms with E-state index in [0.717, 1.165) is 19.3 Å². The molecule has 150 valence electrons. The van der Waals surface area contributed by atoms with Crippen LogP contribution in [0.15, 0.2) is 24.3 Å². The quantitative estimate of drug-likeness (QED) is 0.780. The molecule has 1 aromatic rings. The van der Waals surface area contributed by atoms with Crippen LogP contribution >= 0.6 is 0 Å². The second-order valence-corrected chi connectivity index (χ2v) is 9.72. The number of nitrogens with zero attached hydrogens (tertiary/aromatic N) is 1. The number of aryl methyl sites for hydroxylation is 1. The molecular formula is C20H31N3O3S. The fraction of sp³-hybridized carbons (Fsp3) is 0.650. The van der Waals surface area contributed by atoms with E-state index in [4.69, 9.17) is 0 Å². The summed E-state index contributed by atoms with van der Waals surface area (Å²) in [5.74, 6) is 0.579. The summed E-state index contributed by atoms with van der Waals surface area (Å²) < 4.78 is 25.8. The number of hydrogen-bond donors (Lipinski definition) is 2. The third-order valence-corrected chi connectivity index (χ3v) is 7.72. The number of carbonyl (C=O) groups is 1. The number of hydrogen-bond acceptors (Lipinski definition) is 3. The average molecular weight is 394 g/mol. The maximum absolute atomic E-state index is 12.3. The van der Waals surface area contributed by atoms with E-state index >= 15 is 0 Å². The van der Waals surface area contributed by atoms with Crippen LogP contribution in [0.3, 0.4) is 0 Å². The number of piperidine rings is 1. The maximum Gasteiger partial charge on any atom is 0.315 e. The van der Waals surface area contributed by atoms with E-state index in [2.05, 4.69) is 34.9 Å². The first kappa shape index (κ1) is 20.1. The molecule has 0 aromatic heterocycles. The van der Waals surface area contributed by atoms with Crippen molar-refractivity contribution in [1.82, 2.24) is 14.9 Å². The Morgan fingerprint density at radius 1 is 1.19 bits per heavy atom. The molecule has 0 spiro atoms. The molecule has 3 rings (SSSR count). The van der Waals surface area contributed by atoms with E-state index in [1.165, 1.54) is 11.1 Å². The van der Waals surface area contributed by atoms with Gasteiger partial charge in [-0.1, -0.05) is 31.2 Å². The van der Waals surface area contributed by atoms with Crippen molar-refractivity contribution in [1.29, 1.82) is 0 Å². The zero-order chi connectivity index (χ0) is 19.3. The minimum Gasteiger partial charge on any atom is -0.338 e. The number of sulfonamides is 1. The third-order valence-electron chi connectivity index (χ3n) is 5.65. The molecule has 0 bridgehead atoms. The van der Waals surface area contributed by atoms with Gasteiger partial charge in [-0.15, -0.1) is 0 Å². The molecule has 1 aliphatic heterocycles. The number of carbonyl (C=O) groups excluding carboxylic acids is 1. The van der Waals surface area contributed by atoms with Crippen LogP contribution in [0, 0.1) is 0 Å². The Labute approximate surface area is 162 Å². The summed E-state index contributed by atoms with van der Waals surface area (Å²) in [6, 6.07) is 8.39. The van der Waals surface area contributed by atoms with Gasteiger partial charge in [0, 0.05) is 31.6 Å². The highest BCUT2D eigenvalue weighted by molar-refractivity contribution is 7.89. The molecule has 27 heavy (non-hydrogen) atoms. The fourth-order valence-electron chi connectivity index (χ4n) is 4.18. The Balaban J connectivity index is 1.44. The lowest BCUT2D eigenvalue weighted by molar-refractivity contribution is 0.226. The first-order valence-corrected chi connectivity index (χ1v) is 11.7. The zero-order valence-corrected chi connectivity index (χ0v) is 16.9. The predicted molar refractivity (Wildman–Crippen MR) is 107 cm³/mol. The van der Waals surface area contributed by atoms with E-state index in [0.29, 0.717) is 44.8 Å². The third kappa shape index (κ3) is 5.23. The van der Waals surface area contributed by atoms with Crippen LogP contribution < -0.4 is 10.6 Å². The molecule has 1 atom stereocenters. The molecule has 0 radical (unpaired) electrons. The summed E-state index contributed by atoms with van der Waals surface area (Å²) in [5.41, 5.74) is 2.76. The highest BCUT2D eigenvalue weighted by atomic mass is 32.2. The van der Waals surface area contributed by atoms with Gasteiger partial charge in [-0.2, -0.15) is 0 Å². The van der Waals surface area contributed by atoms with E-state index < -0.39 is 10.0 Å². The van der Waals surface area contributed by atoms with Crippen LogP contribution in [0.2, 0.25) is 0 Å². The molecule has 1 unspecified atom stereocenters.